The van der Waals surface area contributed by atoms with Crippen LogP contribution in [0.1, 0.15) is 61.4 Å². The number of fused-ring (bicyclic) bond motifs is 1. The van der Waals surface area contributed by atoms with E-state index in [0.717, 1.165) is 43.4 Å². The second kappa shape index (κ2) is 9.15. The molecule has 0 aliphatic heterocycles. The van der Waals surface area contributed by atoms with Crippen LogP contribution in [0.25, 0.3) is 0 Å². The van der Waals surface area contributed by atoms with Crippen LogP contribution in [0.2, 0.25) is 10.0 Å². The second-order valence-electron chi connectivity index (χ2n) is 8.53. The SMILES string of the molecule is CC1(C2CCCC2)Cc2cc(OCCCCOc3cccnc3)c(Cl)c(Cl)c2C1=O. The molecule has 1 unspecified atom stereocenters. The Balaban J connectivity index is 1.36. The van der Waals surface area contributed by atoms with Gasteiger partial charge in [0.1, 0.15) is 16.5 Å². The fraction of sp³-hybridized carbons (Fsp3) is 0.500. The molecule has 2 aromatic rings. The van der Waals surface area contributed by atoms with Gasteiger partial charge in [0.25, 0.3) is 0 Å². The molecule has 6 heteroatoms. The minimum Gasteiger partial charge on any atom is -0.492 e. The van der Waals surface area contributed by atoms with Gasteiger partial charge in [-0.2, -0.15) is 0 Å². The number of rotatable bonds is 8. The lowest BCUT2D eigenvalue weighted by molar-refractivity contribution is 0.0744. The van der Waals surface area contributed by atoms with Crippen molar-refractivity contribution >= 4 is 29.0 Å². The summed E-state index contributed by atoms with van der Waals surface area (Å²) < 4.78 is 11.6. The minimum absolute atomic E-state index is 0.149. The van der Waals surface area contributed by atoms with E-state index in [-0.39, 0.29) is 11.2 Å². The van der Waals surface area contributed by atoms with Gasteiger partial charge in [-0.1, -0.05) is 43.0 Å². The minimum atomic E-state index is -0.367. The summed E-state index contributed by atoms with van der Waals surface area (Å²) in [7, 11) is 0. The highest BCUT2D eigenvalue weighted by molar-refractivity contribution is 6.45. The third-order valence-corrected chi connectivity index (χ3v) is 7.36. The van der Waals surface area contributed by atoms with Crippen LogP contribution >= 0.6 is 23.2 Å². The van der Waals surface area contributed by atoms with E-state index in [4.69, 9.17) is 32.7 Å². The lowest BCUT2D eigenvalue weighted by Crippen LogP contribution is -2.32. The molecule has 1 fully saturated rings. The lowest BCUT2D eigenvalue weighted by atomic mass is 9.73. The van der Waals surface area contributed by atoms with Gasteiger partial charge in [-0.15, -0.1) is 0 Å². The lowest BCUT2D eigenvalue weighted by Gasteiger charge is -2.29. The van der Waals surface area contributed by atoms with Crippen molar-refractivity contribution in [2.75, 3.05) is 13.2 Å². The van der Waals surface area contributed by atoms with Crippen molar-refractivity contribution in [2.45, 2.75) is 51.9 Å². The van der Waals surface area contributed by atoms with Crippen LogP contribution in [0, 0.1) is 11.3 Å². The van der Waals surface area contributed by atoms with Crippen LogP contribution in [0.3, 0.4) is 0 Å². The van der Waals surface area contributed by atoms with Gasteiger partial charge < -0.3 is 9.47 Å². The Labute approximate surface area is 187 Å². The summed E-state index contributed by atoms with van der Waals surface area (Å²) in [5.41, 5.74) is 1.21. The molecule has 0 saturated heterocycles. The quantitative estimate of drug-likeness (QED) is 0.429. The average Bonchev–Trinajstić information content (AvgIpc) is 3.37. The number of pyridine rings is 1. The Morgan fingerprint density at radius 2 is 1.87 bits per heavy atom. The van der Waals surface area contributed by atoms with E-state index in [1.807, 2.05) is 18.2 Å². The fourth-order valence-electron chi connectivity index (χ4n) is 4.81. The molecule has 0 spiro atoms. The van der Waals surface area contributed by atoms with Crippen molar-refractivity contribution < 1.29 is 14.3 Å². The van der Waals surface area contributed by atoms with E-state index >= 15 is 0 Å². The molecule has 0 radical (unpaired) electrons. The number of Topliss-reactive ketones (excluding diaryl/α,β-unsaturated/α-hetero) is 1. The van der Waals surface area contributed by atoms with Gasteiger partial charge in [0.2, 0.25) is 0 Å². The van der Waals surface area contributed by atoms with Crippen LogP contribution in [0.4, 0.5) is 0 Å². The summed E-state index contributed by atoms with van der Waals surface area (Å²) in [6, 6.07) is 5.66. The maximum Gasteiger partial charge on any atom is 0.171 e. The number of ketones is 1. The predicted molar refractivity (Wildman–Crippen MR) is 119 cm³/mol. The smallest absolute Gasteiger partial charge is 0.171 e. The summed E-state index contributed by atoms with van der Waals surface area (Å²) in [5.74, 6) is 1.91. The van der Waals surface area contributed by atoms with Crippen molar-refractivity contribution in [2.24, 2.45) is 11.3 Å². The zero-order valence-corrected chi connectivity index (χ0v) is 18.8. The molecule has 4 nitrogen and oxygen atoms in total. The molecule has 1 heterocycles. The molecule has 1 atom stereocenters. The van der Waals surface area contributed by atoms with Gasteiger partial charge in [0, 0.05) is 17.2 Å². The number of benzene rings is 1. The zero-order valence-electron chi connectivity index (χ0n) is 17.3. The van der Waals surface area contributed by atoms with Gasteiger partial charge in [-0.25, -0.2) is 0 Å². The highest BCUT2D eigenvalue weighted by Crippen LogP contribution is 2.52. The molecule has 0 N–H and O–H groups in total. The van der Waals surface area contributed by atoms with Crippen LogP contribution in [0.5, 0.6) is 11.5 Å². The molecule has 160 valence electrons. The summed E-state index contributed by atoms with van der Waals surface area (Å²) in [4.78, 5) is 17.3. The summed E-state index contributed by atoms with van der Waals surface area (Å²) in [6.07, 6.45) is 10.5. The Bertz CT molecular complexity index is 912. The molecular formula is C24H27Cl2NO3. The molecule has 0 bridgehead atoms. The summed E-state index contributed by atoms with van der Waals surface area (Å²) in [6.45, 7) is 3.21. The number of unbranched alkanes of at least 4 members (excludes halogenated alkanes) is 1. The maximum atomic E-state index is 13.2. The number of nitrogens with zero attached hydrogens (tertiary/aromatic N) is 1. The monoisotopic (exact) mass is 447 g/mol. The van der Waals surface area contributed by atoms with E-state index in [9.17, 15) is 4.79 Å². The molecule has 1 aromatic carbocycles. The Morgan fingerprint density at radius 1 is 1.13 bits per heavy atom. The first-order valence-corrected chi connectivity index (χ1v) is 11.5. The van der Waals surface area contributed by atoms with Crippen molar-refractivity contribution in [1.29, 1.82) is 0 Å². The van der Waals surface area contributed by atoms with E-state index in [0.29, 0.717) is 40.5 Å². The largest absolute Gasteiger partial charge is 0.492 e. The first kappa shape index (κ1) is 21.5. The number of carbonyl (C=O) groups is 1. The highest BCUT2D eigenvalue weighted by atomic mass is 35.5. The van der Waals surface area contributed by atoms with E-state index < -0.39 is 0 Å². The molecule has 4 rings (SSSR count). The number of hydrogen-bond acceptors (Lipinski definition) is 4. The van der Waals surface area contributed by atoms with E-state index in [2.05, 4.69) is 11.9 Å². The predicted octanol–water partition coefficient (Wildman–Crippen LogP) is 6.56. The standard InChI is InChI=1S/C24H27Cl2NO3/c1-24(17-7-2-3-8-17)14-16-13-19(21(25)22(26)20(16)23(24)28)30-12-5-4-11-29-18-9-6-10-27-15-18/h6,9-10,13,15,17H,2-5,7-8,11-12,14H2,1H3. The third-order valence-electron chi connectivity index (χ3n) is 6.51. The average molecular weight is 448 g/mol. The van der Waals surface area contributed by atoms with Crippen molar-refractivity contribution in [3.8, 4) is 11.5 Å². The van der Waals surface area contributed by atoms with Crippen LogP contribution in [-0.4, -0.2) is 24.0 Å². The number of aromatic nitrogens is 1. The topological polar surface area (TPSA) is 48.4 Å². The number of ether oxygens (including phenoxy) is 2. The van der Waals surface area contributed by atoms with Crippen molar-refractivity contribution in [3.63, 3.8) is 0 Å². The van der Waals surface area contributed by atoms with Gasteiger partial charge in [0.15, 0.2) is 5.78 Å². The molecular weight excluding hydrogens is 421 g/mol. The van der Waals surface area contributed by atoms with Gasteiger partial charge in [-0.3, -0.25) is 9.78 Å². The van der Waals surface area contributed by atoms with Crippen molar-refractivity contribution in [1.82, 2.24) is 4.98 Å². The number of hydrogen-bond donors (Lipinski definition) is 0. The van der Waals surface area contributed by atoms with E-state index in [1.165, 1.54) is 12.8 Å². The Kier molecular flexibility index (Phi) is 6.54. The number of carbonyl (C=O) groups excluding carboxylic acids is 1. The molecule has 1 aromatic heterocycles. The Hall–Kier alpha value is -1.78. The second-order valence-corrected chi connectivity index (χ2v) is 9.29. The van der Waals surface area contributed by atoms with Gasteiger partial charge in [-0.05, 0) is 61.8 Å². The van der Waals surface area contributed by atoms with Crippen molar-refractivity contribution in [3.05, 3.63) is 51.8 Å². The third kappa shape index (κ3) is 4.17. The van der Waals surface area contributed by atoms with Crippen LogP contribution in [0.15, 0.2) is 30.6 Å². The normalized spacial score (nSPS) is 21.1. The van der Waals surface area contributed by atoms with Crippen LogP contribution in [-0.2, 0) is 6.42 Å². The summed E-state index contributed by atoms with van der Waals surface area (Å²) in [5, 5.41) is 0.682. The Morgan fingerprint density at radius 3 is 2.57 bits per heavy atom. The van der Waals surface area contributed by atoms with Crippen LogP contribution < -0.4 is 9.47 Å². The molecule has 0 amide bonds. The first-order valence-electron chi connectivity index (χ1n) is 10.7. The zero-order chi connectivity index (χ0) is 21.1. The van der Waals surface area contributed by atoms with E-state index in [1.54, 1.807) is 12.4 Å². The summed E-state index contributed by atoms with van der Waals surface area (Å²) >= 11 is 13.0. The first-order chi connectivity index (χ1) is 14.5. The fourth-order valence-corrected chi connectivity index (χ4v) is 5.31. The number of halogens is 2. The molecule has 2 aliphatic carbocycles. The molecule has 2 aliphatic rings. The molecule has 1 saturated carbocycles. The van der Waals surface area contributed by atoms with Gasteiger partial charge >= 0.3 is 0 Å². The highest BCUT2D eigenvalue weighted by Gasteiger charge is 2.49. The van der Waals surface area contributed by atoms with Gasteiger partial charge in [0.05, 0.1) is 24.4 Å². The molecule has 30 heavy (non-hydrogen) atoms. The maximum absolute atomic E-state index is 13.2.